The predicted molar refractivity (Wildman–Crippen MR) is 93.3 cm³/mol. The molecule has 0 saturated carbocycles. The van der Waals surface area contributed by atoms with Gasteiger partial charge in [0.25, 0.3) is 0 Å². The first-order valence-corrected chi connectivity index (χ1v) is 8.25. The summed E-state index contributed by atoms with van der Waals surface area (Å²) in [4.78, 5) is 0. The molecule has 2 aromatic rings. The molecule has 0 bridgehead atoms. The van der Waals surface area contributed by atoms with Gasteiger partial charge >= 0.3 is 0 Å². The van der Waals surface area contributed by atoms with E-state index in [1.165, 1.54) is 16.7 Å². The van der Waals surface area contributed by atoms with E-state index in [0.717, 1.165) is 30.9 Å². The van der Waals surface area contributed by atoms with Crippen LogP contribution in [0.2, 0.25) is 0 Å². The lowest BCUT2D eigenvalue weighted by Crippen LogP contribution is -2.34. The Kier molecular flexibility index (Phi) is 4.87. The summed E-state index contributed by atoms with van der Waals surface area (Å²) in [5.41, 5.74) is 4.10. The second kappa shape index (κ2) is 7.05. The maximum Gasteiger partial charge on any atom is 0.161 e. The van der Waals surface area contributed by atoms with Crippen LogP contribution in [0.5, 0.6) is 11.5 Å². The summed E-state index contributed by atoms with van der Waals surface area (Å²) in [6.45, 7) is 3.32. The van der Waals surface area contributed by atoms with E-state index in [1.54, 1.807) is 14.2 Å². The molecule has 23 heavy (non-hydrogen) atoms. The number of nitrogens with one attached hydrogen (secondary N) is 1. The molecule has 122 valence electrons. The molecule has 1 heterocycles. The standard InChI is InChI=1S/C20H25NO2/c1-14(11-15-7-5-4-6-8-15)20-17-13-19(23-3)18(22-2)12-16(17)9-10-21-20/h4-8,12-14,20-21H,9-11H2,1-3H3/t14-,20+/m0/s1. The molecule has 1 aliphatic heterocycles. The van der Waals surface area contributed by atoms with E-state index >= 15 is 0 Å². The van der Waals surface area contributed by atoms with Crippen molar-refractivity contribution in [2.45, 2.75) is 25.8 Å². The minimum absolute atomic E-state index is 0.346. The zero-order chi connectivity index (χ0) is 16.2. The van der Waals surface area contributed by atoms with Crippen molar-refractivity contribution in [3.8, 4) is 11.5 Å². The van der Waals surface area contributed by atoms with Crippen LogP contribution in [-0.4, -0.2) is 20.8 Å². The first-order chi connectivity index (χ1) is 11.2. The highest BCUT2D eigenvalue weighted by Crippen LogP contribution is 2.38. The second-order valence-corrected chi connectivity index (χ2v) is 6.25. The topological polar surface area (TPSA) is 30.5 Å². The summed E-state index contributed by atoms with van der Waals surface area (Å²) in [5.74, 6) is 2.14. The van der Waals surface area contributed by atoms with Gasteiger partial charge in [0.15, 0.2) is 11.5 Å². The number of methoxy groups -OCH3 is 2. The summed E-state index contributed by atoms with van der Waals surface area (Å²) in [5, 5.41) is 3.69. The average Bonchev–Trinajstić information content (AvgIpc) is 2.60. The molecule has 0 amide bonds. The van der Waals surface area contributed by atoms with Gasteiger partial charge in [-0.2, -0.15) is 0 Å². The number of benzene rings is 2. The van der Waals surface area contributed by atoms with Crippen molar-refractivity contribution >= 4 is 0 Å². The Morgan fingerprint density at radius 3 is 2.48 bits per heavy atom. The maximum atomic E-state index is 5.50. The highest BCUT2D eigenvalue weighted by atomic mass is 16.5. The van der Waals surface area contributed by atoms with E-state index in [2.05, 4.69) is 54.7 Å². The molecule has 3 heteroatoms. The van der Waals surface area contributed by atoms with Crippen LogP contribution in [0, 0.1) is 5.92 Å². The average molecular weight is 311 g/mol. The van der Waals surface area contributed by atoms with Crippen LogP contribution in [0.15, 0.2) is 42.5 Å². The Bertz CT molecular complexity index is 654. The highest BCUT2D eigenvalue weighted by Gasteiger charge is 2.26. The summed E-state index contributed by atoms with van der Waals surface area (Å²) >= 11 is 0. The quantitative estimate of drug-likeness (QED) is 0.912. The number of hydrogen-bond acceptors (Lipinski definition) is 3. The normalized spacial score (nSPS) is 18.1. The van der Waals surface area contributed by atoms with E-state index in [1.807, 2.05) is 0 Å². The van der Waals surface area contributed by atoms with Crippen molar-refractivity contribution < 1.29 is 9.47 Å². The lowest BCUT2D eigenvalue weighted by atomic mass is 9.84. The second-order valence-electron chi connectivity index (χ2n) is 6.25. The van der Waals surface area contributed by atoms with Crippen LogP contribution in [0.1, 0.15) is 29.7 Å². The van der Waals surface area contributed by atoms with Crippen molar-refractivity contribution in [2.24, 2.45) is 5.92 Å². The first kappa shape index (κ1) is 15.9. The molecule has 0 saturated heterocycles. The van der Waals surface area contributed by atoms with Crippen LogP contribution in [0.3, 0.4) is 0 Å². The SMILES string of the molecule is COc1cc2c(cc1OC)[C@@H]([C@@H](C)Cc1ccccc1)NCC2. The Morgan fingerprint density at radius 1 is 1.09 bits per heavy atom. The van der Waals surface area contributed by atoms with Crippen LogP contribution in [-0.2, 0) is 12.8 Å². The zero-order valence-corrected chi connectivity index (χ0v) is 14.1. The van der Waals surface area contributed by atoms with Crippen LogP contribution < -0.4 is 14.8 Å². The van der Waals surface area contributed by atoms with Gasteiger partial charge in [-0.3, -0.25) is 0 Å². The Morgan fingerprint density at radius 2 is 1.78 bits per heavy atom. The third kappa shape index (κ3) is 3.35. The Labute approximate surface area is 138 Å². The number of hydrogen-bond donors (Lipinski definition) is 1. The van der Waals surface area contributed by atoms with Gasteiger partial charge in [0.2, 0.25) is 0 Å². The van der Waals surface area contributed by atoms with Crippen molar-refractivity contribution in [1.29, 1.82) is 0 Å². The summed E-state index contributed by atoms with van der Waals surface area (Å²) in [6, 6.07) is 15.3. The fraction of sp³-hybridized carbons (Fsp3) is 0.400. The molecular formula is C20H25NO2. The monoisotopic (exact) mass is 311 g/mol. The van der Waals surface area contributed by atoms with Crippen molar-refractivity contribution in [1.82, 2.24) is 5.32 Å². The number of rotatable bonds is 5. The van der Waals surface area contributed by atoms with Crippen molar-refractivity contribution in [3.63, 3.8) is 0 Å². The molecule has 0 unspecified atom stereocenters. The van der Waals surface area contributed by atoms with Crippen LogP contribution in [0.4, 0.5) is 0 Å². The van der Waals surface area contributed by atoms with Gasteiger partial charge in [0, 0.05) is 6.04 Å². The minimum atomic E-state index is 0.346. The van der Waals surface area contributed by atoms with E-state index in [4.69, 9.17) is 9.47 Å². The van der Waals surface area contributed by atoms with Gasteiger partial charge in [0.1, 0.15) is 0 Å². The molecule has 1 N–H and O–H groups in total. The molecule has 2 aromatic carbocycles. The van der Waals surface area contributed by atoms with Crippen LogP contribution in [0.25, 0.3) is 0 Å². The number of ether oxygens (including phenoxy) is 2. The maximum absolute atomic E-state index is 5.50. The van der Waals surface area contributed by atoms with Gasteiger partial charge in [0.05, 0.1) is 14.2 Å². The van der Waals surface area contributed by atoms with E-state index in [0.29, 0.717) is 12.0 Å². The van der Waals surface area contributed by atoms with Gasteiger partial charge in [-0.1, -0.05) is 37.3 Å². The fourth-order valence-electron chi connectivity index (χ4n) is 3.53. The van der Waals surface area contributed by atoms with Gasteiger partial charge in [-0.05, 0) is 54.1 Å². The third-order valence-corrected chi connectivity index (χ3v) is 4.71. The van der Waals surface area contributed by atoms with Gasteiger partial charge in [-0.15, -0.1) is 0 Å². The van der Waals surface area contributed by atoms with Crippen LogP contribution >= 0.6 is 0 Å². The molecule has 2 atom stereocenters. The lowest BCUT2D eigenvalue weighted by Gasteiger charge is -2.32. The predicted octanol–water partition coefficient (Wildman–Crippen LogP) is 3.77. The summed E-state index contributed by atoms with van der Waals surface area (Å²) in [7, 11) is 3.39. The first-order valence-electron chi connectivity index (χ1n) is 8.25. The Balaban J connectivity index is 1.88. The molecule has 3 rings (SSSR count). The third-order valence-electron chi connectivity index (χ3n) is 4.71. The highest BCUT2D eigenvalue weighted by molar-refractivity contribution is 5.49. The smallest absolute Gasteiger partial charge is 0.161 e. The van der Waals surface area contributed by atoms with E-state index in [9.17, 15) is 0 Å². The van der Waals surface area contributed by atoms with Gasteiger partial charge < -0.3 is 14.8 Å². The largest absolute Gasteiger partial charge is 0.493 e. The lowest BCUT2D eigenvalue weighted by molar-refractivity contribution is 0.343. The molecule has 3 nitrogen and oxygen atoms in total. The van der Waals surface area contributed by atoms with E-state index in [-0.39, 0.29) is 0 Å². The summed E-state index contributed by atoms with van der Waals surface area (Å²) in [6.07, 6.45) is 2.09. The molecule has 0 fully saturated rings. The van der Waals surface area contributed by atoms with Crippen molar-refractivity contribution in [2.75, 3.05) is 20.8 Å². The Hall–Kier alpha value is -2.00. The molecule has 1 aliphatic rings. The molecule has 0 spiro atoms. The molecule has 0 radical (unpaired) electrons. The fourth-order valence-corrected chi connectivity index (χ4v) is 3.53. The minimum Gasteiger partial charge on any atom is -0.493 e. The zero-order valence-electron chi connectivity index (χ0n) is 14.1. The summed E-state index contributed by atoms with van der Waals surface area (Å²) < 4.78 is 10.9. The number of fused-ring (bicyclic) bond motifs is 1. The molecular weight excluding hydrogens is 286 g/mol. The molecule has 0 aromatic heterocycles. The van der Waals surface area contributed by atoms with Gasteiger partial charge in [-0.25, -0.2) is 0 Å². The van der Waals surface area contributed by atoms with E-state index < -0.39 is 0 Å². The molecule has 0 aliphatic carbocycles. The van der Waals surface area contributed by atoms with Crippen molar-refractivity contribution in [3.05, 3.63) is 59.2 Å².